The molecule has 0 saturated heterocycles. The minimum atomic E-state index is -0.523. The fraction of sp³-hybridized carbons (Fsp3) is 0.270. The number of carbonyl (C=O) groups is 1. The van der Waals surface area contributed by atoms with Crippen LogP contribution >= 0.6 is 0 Å². The number of ether oxygens (including phenoxy) is 4. The fourth-order valence-electron chi connectivity index (χ4n) is 5.23. The van der Waals surface area contributed by atoms with Crippen LogP contribution in [0.3, 0.4) is 0 Å². The largest absolute Gasteiger partial charge is 0.372 e. The predicted molar refractivity (Wildman–Crippen MR) is 167 cm³/mol. The molecule has 1 aliphatic rings. The standard InChI is InChI=1S/C37H39NO5/c1-28(39)38-34-22-33(27-40-23-29-14-6-2-7-15-29)35(41-24-30-16-8-3-9-17-30)37(43-26-32-20-12-5-13-21-32)36(34)42-25-31-18-10-4-11-19-31/h2-22,34-37H,23-27H2,1H3,(H,38,39)/t34-,35-,36-,37-/m0/s1. The molecule has 0 unspecified atom stereocenters. The summed E-state index contributed by atoms with van der Waals surface area (Å²) in [6.45, 7) is 3.42. The van der Waals surface area contributed by atoms with E-state index in [4.69, 9.17) is 18.9 Å². The first-order valence-corrected chi connectivity index (χ1v) is 14.7. The van der Waals surface area contributed by atoms with Crippen molar-refractivity contribution in [2.24, 2.45) is 0 Å². The van der Waals surface area contributed by atoms with Crippen molar-refractivity contribution in [2.75, 3.05) is 6.61 Å². The first kappa shape index (κ1) is 30.4. The van der Waals surface area contributed by atoms with E-state index in [1.807, 2.05) is 127 Å². The van der Waals surface area contributed by atoms with E-state index in [2.05, 4.69) is 5.32 Å². The summed E-state index contributed by atoms with van der Waals surface area (Å²) in [5.41, 5.74) is 5.12. The summed E-state index contributed by atoms with van der Waals surface area (Å²) in [5.74, 6) is -0.149. The predicted octanol–water partition coefficient (Wildman–Crippen LogP) is 6.40. The Morgan fingerprint density at radius 2 is 0.977 bits per heavy atom. The van der Waals surface area contributed by atoms with Crippen molar-refractivity contribution in [3.63, 3.8) is 0 Å². The molecule has 4 atom stereocenters. The van der Waals surface area contributed by atoms with Crippen LogP contribution in [0.2, 0.25) is 0 Å². The van der Waals surface area contributed by atoms with Gasteiger partial charge in [0.15, 0.2) is 0 Å². The minimum Gasteiger partial charge on any atom is -0.372 e. The van der Waals surface area contributed by atoms with Gasteiger partial charge in [-0.2, -0.15) is 0 Å². The molecule has 0 fully saturated rings. The highest BCUT2D eigenvalue weighted by molar-refractivity contribution is 5.73. The van der Waals surface area contributed by atoms with Crippen molar-refractivity contribution in [3.05, 3.63) is 155 Å². The second-order valence-electron chi connectivity index (χ2n) is 10.7. The molecule has 0 saturated carbocycles. The molecule has 0 aromatic heterocycles. The second-order valence-corrected chi connectivity index (χ2v) is 10.7. The SMILES string of the molecule is CC(=O)N[C@H]1C=C(COCc2ccccc2)[C@H](OCc2ccccc2)[C@H](OCc2ccccc2)[C@H]1OCc1ccccc1. The van der Waals surface area contributed by atoms with Crippen molar-refractivity contribution in [1.29, 1.82) is 0 Å². The van der Waals surface area contributed by atoms with E-state index in [1.165, 1.54) is 6.92 Å². The van der Waals surface area contributed by atoms with Crippen LogP contribution in [0.5, 0.6) is 0 Å². The zero-order valence-corrected chi connectivity index (χ0v) is 24.5. The Kier molecular flexibility index (Phi) is 11.3. The lowest BCUT2D eigenvalue weighted by Gasteiger charge is -2.42. The molecule has 0 heterocycles. The molecule has 1 N–H and O–H groups in total. The van der Waals surface area contributed by atoms with Gasteiger partial charge in [-0.25, -0.2) is 0 Å². The zero-order valence-electron chi connectivity index (χ0n) is 24.5. The maximum atomic E-state index is 12.4. The van der Waals surface area contributed by atoms with E-state index in [0.717, 1.165) is 27.8 Å². The van der Waals surface area contributed by atoms with Crippen LogP contribution in [-0.2, 0) is 50.2 Å². The zero-order chi connectivity index (χ0) is 29.7. The third-order valence-electron chi connectivity index (χ3n) is 7.33. The molecule has 4 aromatic carbocycles. The number of hydrogen-bond donors (Lipinski definition) is 1. The molecule has 4 aromatic rings. The van der Waals surface area contributed by atoms with Crippen molar-refractivity contribution < 1.29 is 23.7 Å². The van der Waals surface area contributed by atoms with Gasteiger partial charge in [0.2, 0.25) is 5.91 Å². The van der Waals surface area contributed by atoms with Gasteiger partial charge < -0.3 is 24.3 Å². The Morgan fingerprint density at radius 1 is 0.558 bits per heavy atom. The van der Waals surface area contributed by atoms with Gasteiger partial charge >= 0.3 is 0 Å². The number of hydrogen-bond acceptors (Lipinski definition) is 5. The van der Waals surface area contributed by atoms with Crippen LogP contribution in [-0.4, -0.2) is 36.9 Å². The number of rotatable bonds is 14. The average molecular weight is 578 g/mol. The highest BCUT2D eigenvalue weighted by Crippen LogP contribution is 2.30. The minimum absolute atomic E-state index is 0.149. The summed E-state index contributed by atoms with van der Waals surface area (Å²) in [6, 6.07) is 39.8. The molecule has 1 aliphatic carbocycles. The molecule has 43 heavy (non-hydrogen) atoms. The average Bonchev–Trinajstić information content (AvgIpc) is 3.04. The molecule has 5 rings (SSSR count). The topological polar surface area (TPSA) is 66.0 Å². The van der Waals surface area contributed by atoms with E-state index in [0.29, 0.717) is 33.0 Å². The Bertz CT molecular complexity index is 1410. The van der Waals surface area contributed by atoms with Crippen LogP contribution in [0, 0.1) is 0 Å². The van der Waals surface area contributed by atoms with Gasteiger partial charge in [-0.15, -0.1) is 0 Å². The first-order chi connectivity index (χ1) is 21.2. The number of amides is 1. The van der Waals surface area contributed by atoms with E-state index >= 15 is 0 Å². The van der Waals surface area contributed by atoms with E-state index < -0.39 is 24.4 Å². The summed E-state index contributed by atoms with van der Waals surface area (Å²) in [5, 5.41) is 3.10. The summed E-state index contributed by atoms with van der Waals surface area (Å²) in [4.78, 5) is 12.4. The molecule has 6 nitrogen and oxygen atoms in total. The first-order valence-electron chi connectivity index (χ1n) is 14.7. The lowest BCUT2D eigenvalue weighted by molar-refractivity contribution is -0.156. The van der Waals surface area contributed by atoms with Gasteiger partial charge in [0.1, 0.15) is 18.3 Å². The van der Waals surface area contributed by atoms with Gasteiger partial charge in [0.25, 0.3) is 0 Å². The Labute approximate surface area is 254 Å². The van der Waals surface area contributed by atoms with Gasteiger partial charge in [0, 0.05) is 6.92 Å². The van der Waals surface area contributed by atoms with Gasteiger partial charge in [0.05, 0.1) is 39.1 Å². The van der Waals surface area contributed by atoms with E-state index in [-0.39, 0.29) is 5.91 Å². The summed E-state index contributed by atoms with van der Waals surface area (Å²) in [6.07, 6.45) is 0.529. The van der Waals surface area contributed by atoms with Crippen LogP contribution in [0.1, 0.15) is 29.2 Å². The third-order valence-corrected chi connectivity index (χ3v) is 7.33. The molecule has 0 spiro atoms. The summed E-state index contributed by atoms with van der Waals surface area (Å²) >= 11 is 0. The Morgan fingerprint density at radius 3 is 1.44 bits per heavy atom. The quantitative estimate of drug-likeness (QED) is 0.176. The third kappa shape index (κ3) is 9.21. The molecule has 0 radical (unpaired) electrons. The molecular weight excluding hydrogens is 538 g/mol. The Balaban J connectivity index is 1.45. The van der Waals surface area contributed by atoms with Crippen LogP contribution in [0.4, 0.5) is 0 Å². The highest BCUT2D eigenvalue weighted by Gasteiger charge is 2.43. The number of carbonyl (C=O) groups excluding carboxylic acids is 1. The monoisotopic (exact) mass is 577 g/mol. The maximum absolute atomic E-state index is 12.4. The Hall–Kier alpha value is -4.07. The second kappa shape index (κ2) is 16.0. The summed E-state index contributed by atoms with van der Waals surface area (Å²) < 4.78 is 26.1. The van der Waals surface area contributed by atoms with Gasteiger partial charge in [-0.1, -0.05) is 127 Å². The van der Waals surface area contributed by atoms with Gasteiger partial charge in [-0.3, -0.25) is 4.79 Å². The molecule has 0 aliphatic heterocycles. The highest BCUT2D eigenvalue weighted by atomic mass is 16.6. The van der Waals surface area contributed by atoms with Crippen molar-refractivity contribution in [1.82, 2.24) is 5.32 Å². The maximum Gasteiger partial charge on any atom is 0.217 e. The molecule has 222 valence electrons. The van der Waals surface area contributed by atoms with Crippen LogP contribution < -0.4 is 5.32 Å². The summed E-state index contributed by atoms with van der Waals surface area (Å²) in [7, 11) is 0. The number of nitrogens with one attached hydrogen (secondary N) is 1. The lowest BCUT2D eigenvalue weighted by atomic mass is 9.87. The molecule has 0 bridgehead atoms. The van der Waals surface area contributed by atoms with Gasteiger partial charge in [-0.05, 0) is 27.8 Å². The van der Waals surface area contributed by atoms with Crippen molar-refractivity contribution >= 4 is 5.91 Å². The number of benzene rings is 4. The normalized spacial score (nSPS) is 19.9. The fourth-order valence-corrected chi connectivity index (χ4v) is 5.23. The van der Waals surface area contributed by atoms with Crippen molar-refractivity contribution in [3.8, 4) is 0 Å². The van der Waals surface area contributed by atoms with Crippen LogP contribution in [0.25, 0.3) is 0 Å². The van der Waals surface area contributed by atoms with E-state index in [9.17, 15) is 4.79 Å². The lowest BCUT2D eigenvalue weighted by Crippen LogP contribution is -2.57. The van der Waals surface area contributed by atoms with Crippen molar-refractivity contribution in [2.45, 2.75) is 57.7 Å². The smallest absolute Gasteiger partial charge is 0.217 e. The van der Waals surface area contributed by atoms with Crippen LogP contribution in [0.15, 0.2) is 133 Å². The molecule has 6 heteroatoms. The molecule has 1 amide bonds. The van der Waals surface area contributed by atoms with E-state index in [1.54, 1.807) is 0 Å². The molecular formula is C37H39NO5.